The molecule has 1 heterocycles. The fraction of sp³-hybridized carbons (Fsp3) is 0.553. The normalized spacial score (nSPS) is 16.3. The van der Waals surface area contributed by atoms with Gasteiger partial charge in [-0.2, -0.15) is 0 Å². The predicted molar refractivity (Wildman–Crippen MR) is 224 cm³/mol. The lowest BCUT2D eigenvalue weighted by Gasteiger charge is -2.33. The Labute approximate surface area is 356 Å². The number of nitrogen functional groups attached to an aromatic ring is 2. The number of nitrogens with one attached hydrogen (secondary N) is 4. The Morgan fingerprint density at radius 3 is 1.84 bits per heavy atom. The standard InChI is InChI=1S/C38H59ClN10O12/c39-33-35(41)47-34(40)28(46-33)37(61)48-38(43)45-11-4-3-6-19-9-10-20(22-8-2-1-7-21(19)22)14-23(36(42)60)44-12-5-13-49(15-24(52)29(56)31(58)26(54)17-50)16-25(53)30(57)32(59)27(55)18-51/h1-2,7-10,23-27,29-32,44,50-59H,3-6,11-18H2,(H2,42,60)(H4,40,41,47)(H3,43,45,48,61)/t23-,24-,25-,26+,27+,29+,30+,31+,32+/m0/s1. The number of carbonyl (C=O) groups is 2. The van der Waals surface area contributed by atoms with Crippen LogP contribution in [0.1, 0.15) is 40.9 Å². The summed E-state index contributed by atoms with van der Waals surface area (Å²) in [5.74, 6) is -2.01. The average molecular weight is 883 g/mol. The number of unbranched alkanes of at least 4 members (excludes halogenated alkanes) is 1. The van der Waals surface area contributed by atoms with Crippen LogP contribution in [-0.2, 0) is 17.6 Å². The number of hydrogen-bond donors (Lipinski definition) is 17. The molecule has 0 spiro atoms. The zero-order valence-electron chi connectivity index (χ0n) is 33.4. The van der Waals surface area contributed by atoms with Gasteiger partial charge in [-0.05, 0) is 67.1 Å². The Balaban J connectivity index is 1.59. The van der Waals surface area contributed by atoms with Gasteiger partial charge in [-0.25, -0.2) is 9.97 Å². The zero-order valence-corrected chi connectivity index (χ0v) is 34.1. The third-order valence-electron chi connectivity index (χ3n) is 9.99. The van der Waals surface area contributed by atoms with Crippen molar-refractivity contribution in [3.63, 3.8) is 0 Å². The van der Waals surface area contributed by atoms with E-state index in [9.17, 15) is 50.4 Å². The van der Waals surface area contributed by atoms with Crippen molar-refractivity contribution in [2.45, 2.75) is 87.0 Å². The molecule has 0 aliphatic heterocycles. The van der Waals surface area contributed by atoms with Crippen molar-refractivity contribution in [2.75, 3.05) is 57.4 Å². The lowest BCUT2D eigenvalue weighted by molar-refractivity contribution is -0.130. The Bertz CT molecular complexity index is 1860. The lowest BCUT2D eigenvalue weighted by atomic mass is 9.93. The molecule has 0 bridgehead atoms. The number of benzene rings is 2. The Kier molecular flexibility index (Phi) is 20.8. The Hall–Kier alpha value is -4.40. The van der Waals surface area contributed by atoms with E-state index in [0.29, 0.717) is 19.4 Å². The first-order valence-corrected chi connectivity index (χ1v) is 19.9. The van der Waals surface area contributed by atoms with Gasteiger partial charge in [0.1, 0.15) is 36.6 Å². The van der Waals surface area contributed by atoms with Crippen LogP contribution in [0.5, 0.6) is 0 Å². The van der Waals surface area contributed by atoms with Gasteiger partial charge in [-0.15, -0.1) is 0 Å². The number of fused-ring (bicyclic) bond motifs is 1. The molecule has 22 nitrogen and oxygen atoms in total. The largest absolute Gasteiger partial charge is 0.394 e. The highest BCUT2D eigenvalue weighted by Gasteiger charge is 2.34. The van der Waals surface area contributed by atoms with Crippen LogP contribution in [0, 0.1) is 5.41 Å². The van der Waals surface area contributed by atoms with Gasteiger partial charge in [-0.1, -0.05) is 48.0 Å². The van der Waals surface area contributed by atoms with E-state index in [1.54, 1.807) is 0 Å². The summed E-state index contributed by atoms with van der Waals surface area (Å²) < 4.78 is 0. The third-order valence-corrected chi connectivity index (χ3v) is 10.3. The smallest absolute Gasteiger partial charge is 0.280 e. The van der Waals surface area contributed by atoms with Crippen LogP contribution in [0.15, 0.2) is 36.4 Å². The highest BCUT2D eigenvalue weighted by atomic mass is 35.5. The molecule has 2 aromatic carbocycles. The molecule has 9 atom stereocenters. The number of aromatic nitrogens is 2. The summed E-state index contributed by atoms with van der Waals surface area (Å²) in [6.45, 7) is -2.04. The summed E-state index contributed by atoms with van der Waals surface area (Å²) in [7, 11) is 0. The molecule has 0 aliphatic carbocycles. The maximum absolute atomic E-state index is 12.6. The van der Waals surface area contributed by atoms with Gasteiger partial charge in [0.25, 0.3) is 5.91 Å². The quantitative estimate of drug-likeness (QED) is 0.0204. The third kappa shape index (κ3) is 15.2. The van der Waals surface area contributed by atoms with E-state index in [1.165, 1.54) is 4.90 Å². The summed E-state index contributed by atoms with van der Waals surface area (Å²) in [6, 6.07) is 10.8. The molecule has 20 N–H and O–H groups in total. The Morgan fingerprint density at radius 2 is 1.28 bits per heavy atom. The zero-order chi connectivity index (χ0) is 45.4. The minimum atomic E-state index is -1.93. The first kappa shape index (κ1) is 51.0. The van der Waals surface area contributed by atoms with Crippen molar-refractivity contribution < 1.29 is 60.7 Å². The maximum Gasteiger partial charge on any atom is 0.280 e. The second-order valence-electron chi connectivity index (χ2n) is 14.6. The minimum Gasteiger partial charge on any atom is -0.394 e. The van der Waals surface area contributed by atoms with E-state index in [0.717, 1.165) is 28.3 Å². The monoisotopic (exact) mass is 882 g/mol. The van der Waals surface area contributed by atoms with Crippen LogP contribution in [-0.4, -0.2) is 185 Å². The lowest BCUT2D eigenvalue weighted by Crippen LogP contribution is -2.53. The van der Waals surface area contributed by atoms with Crippen molar-refractivity contribution in [1.82, 2.24) is 30.8 Å². The van der Waals surface area contributed by atoms with Crippen LogP contribution >= 0.6 is 11.6 Å². The van der Waals surface area contributed by atoms with Crippen LogP contribution in [0.4, 0.5) is 11.6 Å². The number of nitrogens with two attached hydrogens (primary N) is 3. The number of guanidine groups is 1. The molecule has 0 unspecified atom stereocenters. The van der Waals surface area contributed by atoms with Gasteiger partial charge in [0.2, 0.25) is 5.91 Å². The Morgan fingerprint density at radius 1 is 0.738 bits per heavy atom. The summed E-state index contributed by atoms with van der Waals surface area (Å²) in [5.41, 5.74) is 18.7. The van der Waals surface area contributed by atoms with Gasteiger partial charge in [0.15, 0.2) is 28.4 Å². The van der Waals surface area contributed by atoms with Gasteiger partial charge >= 0.3 is 0 Å². The fourth-order valence-corrected chi connectivity index (χ4v) is 6.63. The van der Waals surface area contributed by atoms with Crippen molar-refractivity contribution >= 4 is 51.8 Å². The highest BCUT2D eigenvalue weighted by Crippen LogP contribution is 2.25. The summed E-state index contributed by atoms with van der Waals surface area (Å²) >= 11 is 5.84. The number of amides is 2. The molecule has 0 aliphatic rings. The maximum atomic E-state index is 12.6. The molecular weight excluding hydrogens is 824 g/mol. The number of primary amides is 1. The summed E-state index contributed by atoms with van der Waals surface area (Å²) in [4.78, 5) is 34.0. The number of halogens is 1. The minimum absolute atomic E-state index is 0.0511. The number of carbonyl (C=O) groups excluding carboxylic acids is 2. The van der Waals surface area contributed by atoms with E-state index in [4.69, 9.17) is 44.4 Å². The number of hydrogen-bond acceptors (Lipinski definition) is 19. The number of rotatable bonds is 26. The summed E-state index contributed by atoms with van der Waals surface area (Å²) in [5, 5.41) is 118. The van der Waals surface area contributed by atoms with Crippen molar-refractivity contribution in [2.24, 2.45) is 5.73 Å². The summed E-state index contributed by atoms with van der Waals surface area (Å²) in [6.07, 6.45) is -12.1. The van der Waals surface area contributed by atoms with E-state index in [2.05, 4.69) is 25.9 Å². The van der Waals surface area contributed by atoms with Crippen LogP contribution in [0.2, 0.25) is 5.15 Å². The van der Waals surface area contributed by atoms with Gasteiger partial charge in [-0.3, -0.25) is 25.2 Å². The molecule has 2 amide bonds. The number of nitrogens with zero attached hydrogens (tertiary/aromatic N) is 3. The van der Waals surface area contributed by atoms with Crippen LogP contribution < -0.4 is 33.2 Å². The van der Waals surface area contributed by atoms with Crippen LogP contribution in [0.25, 0.3) is 10.8 Å². The first-order chi connectivity index (χ1) is 28.9. The molecule has 0 radical (unpaired) electrons. The van der Waals surface area contributed by atoms with E-state index in [-0.39, 0.29) is 54.4 Å². The molecule has 1 aromatic heterocycles. The van der Waals surface area contributed by atoms with E-state index < -0.39 is 93.0 Å². The van der Waals surface area contributed by atoms with Gasteiger partial charge < -0.3 is 78.9 Å². The molecule has 3 rings (SSSR count). The van der Waals surface area contributed by atoms with E-state index in [1.807, 2.05) is 36.4 Å². The molecule has 340 valence electrons. The van der Waals surface area contributed by atoms with Crippen molar-refractivity contribution in [3.8, 4) is 0 Å². The molecule has 3 aromatic rings. The topological polar surface area (TPSA) is 403 Å². The van der Waals surface area contributed by atoms with Crippen molar-refractivity contribution in [1.29, 1.82) is 5.41 Å². The van der Waals surface area contributed by atoms with Crippen molar-refractivity contribution in [3.05, 3.63) is 58.4 Å². The number of aliphatic hydroxyl groups excluding tert-OH is 10. The number of aliphatic hydroxyl groups is 10. The SMILES string of the molecule is N=C(NCCCCc1ccc(C[C@H](NCCCN(C[C@H](O)[C@@H](O)[C@H](O)[C@H](O)CO)C[C@H](O)[C@@H](O)[C@H](O)[C@H](O)CO)C(N)=O)c2ccccc12)NC(=O)c1nc(Cl)c(N)nc1N. The highest BCUT2D eigenvalue weighted by molar-refractivity contribution is 6.31. The number of anilines is 2. The molecule has 23 heteroatoms. The first-order valence-electron chi connectivity index (χ1n) is 19.5. The van der Waals surface area contributed by atoms with E-state index >= 15 is 0 Å². The second kappa shape index (κ2) is 24.9. The second-order valence-corrected chi connectivity index (χ2v) is 15.0. The predicted octanol–water partition coefficient (Wildman–Crippen LogP) is -4.73. The molecular formula is C38H59ClN10O12. The molecule has 61 heavy (non-hydrogen) atoms. The van der Waals surface area contributed by atoms with Gasteiger partial charge in [0.05, 0.1) is 31.5 Å². The van der Waals surface area contributed by atoms with Crippen LogP contribution in [0.3, 0.4) is 0 Å². The van der Waals surface area contributed by atoms with Gasteiger partial charge in [0, 0.05) is 19.6 Å². The average Bonchev–Trinajstić information content (AvgIpc) is 3.24. The number of aryl methyl sites for hydroxylation is 1. The molecule has 0 fully saturated rings. The molecule has 0 saturated carbocycles. The fourth-order valence-electron chi connectivity index (χ4n) is 6.50. The molecule has 0 saturated heterocycles.